The monoisotopic (exact) mass is 224 g/mol. The number of aryl methyl sites for hydroxylation is 2. The van der Waals surface area contributed by atoms with Crippen molar-refractivity contribution < 1.29 is 9.53 Å². The minimum Gasteiger partial charge on any atom is -0.381 e. The van der Waals surface area contributed by atoms with E-state index in [9.17, 15) is 4.79 Å². The number of hydrogen-bond donors (Lipinski definition) is 0. The van der Waals surface area contributed by atoms with Crippen LogP contribution in [-0.4, -0.2) is 19.0 Å². The zero-order chi connectivity index (χ0) is 10.8. The third-order valence-electron chi connectivity index (χ3n) is 2.80. The second kappa shape index (κ2) is 4.45. The number of carbonyl (C=O) groups is 1. The summed E-state index contributed by atoms with van der Waals surface area (Å²) in [6, 6.07) is 2.08. The highest BCUT2D eigenvalue weighted by Gasteiger charge is 2.25. The average molecular weight is 224 g/mol. The molecular weight excluding hydrogens is 208 g/mol. The molecule has 1 aromatic rings. The Morgan fingerprint density at radius 3 is 2.87 bits per heavy atom. The molecule has 0 radical (unpaired) electrons. The maximum absolute atomic E-state index is 12.2. The van der Waals surface area contributed by atoms with Crippen LogP contribution in [0.3, 0.4) is 0 Å². The lowest BCUT2D eigenvalue weighted by Crippen LogP contribution is -2.25. The fourth-order valence-corrected chi connectivity index (χ4v) is 3.06. The second-order valence-electron chi connectivity index (χ2n) is 4.15. The van der Waals surface area contributed by atoms with Crippen LogP contribution in [-0.2, 0) is 4.74 Å². The Labute approximate surface area is 94.3 Å². The standard InChI is InChI=1S/C12H16O2S/c1-8-6-9(2)15-12(8)11(13)10-4-3-5-14-7-10/h6,10H,3-5,7H2,1-2H3. The highest BCUT2D eigenvalue weighted by atomic mass is 32.1. The Morgan fingerprint density at radius 2 is 2.33 bits per heavy atom. The van der Waals surface area contributed by atoms with Gasteiger partial charge in [-0.1, -0.05) is 0 Å². The van der Waals surface area contributed by atoms with E-state index in [1.54, 1.807) is 11.3 Å². The smallest absolute Gasteiger partial charge is 0.178 e. The summed E-state index contributed by atoms with van der Waals surface area (Å²) in [5.74, 6) is 0.376. The van der Waals surface area contributed by atoms with Gasteiger partial charge in [0.05, 0.1) is 11.5 Å². The van der Waals surface area contributed by atoms with E-state index in [1.165, 1.54) is 4.88 Å². The molecule has 2 rings (SSSR count). The maximum atomic E-state index is 12.2. The van der Waals surface area contributed by atoms with Crippen LogP contribution in [0.5, 0.6) is 0 Å². The predicted octanol–water partition coefficient (Wildman–Crippen LogP) is 2.97. The van der Waals surface area contributed by atoms with Crippen molar-refractivity contribution in [3.8, 4) is 0 Å². The zero-order valence-electron chi connectivity index (χ0n) is 9.21. The van der Waals surface area contributed by atoms with E-state index in [2.05, 4.69) is 6.07 Å². The summed E-state index contributed by atoms with van der Waals surface area (Å²) in [6.45, 7) is 5.48. The Bertz CT molecular complexity index is 362. The van der Waals surface area contributed by atoms with Crippen LogP contribution in [0.2, 0.25) is 0 Å². The van der Waals surface area contributed by atoms with Gasteiger partial charge in [0.1, 0.15) is 0 Å². The van der Waals surface area contributed by atoms with E-state index < -0.39 is 0 Å². The van der Waals surface area contributed by atoms with Crippen molar-refractivity contribution >= 4 is 17.1 Å². The first-order valence-electron chi connectivity index (χ1n) is 5.37. The van der Waals surface area contributed by atoms with Gasteiger partial charge in [0.15, 0.2) is 5.78 Å². The first-order chi connectivity index (χ1) is 7.18. The molecular formula is C12H16O2S. The van der Waals surface area contributed by atoms with Gasteiger partial charge in [-0.05, 0) is 38.3 Å². The number of Topliss-reactive ketones (excluding diaryl/α,β-unsaturated/α-hetero) is 1. The normalized spacial score (nSPS) is 21.6. The number of rotatable bonds is 2. The lowest BCUT2D eigenvalue weighted by Gasteiger charge is -2.20. The van der Waals surface area contributed by atoms with Crippen LogP contribution in [0.15, 0.2) is 6.07 Å². The van der Waals surface area contributed by atoms with E-state index >= 15 is 0 Å². The summed E-state index contributed by atoms with van der Waals surface area (Å²) in [4.78, 5) is 14.3. The first kappa shape index (κ1) is 10.8. The van der Waals surface area contributed by atoms with E-state index in [4.69, 9.17) is 4.74 Å². The first-order valence-corrected chi connectivity index (χ1v) is 6.19. The van der Waals surface area contributed by atoms with Crippen molar-refractivity contribution in [1.29, 1.82) is 0 Å². The van der Waals surface area contributed by atoms with Gasteiger partial charge in [-0.2, -0.15) is 0 Å². The minimum absolute atomic E-state index is 0.0931. The topological polar surface area (TPSA) is 26.3 Å². The molecule has 0 aliphatic carbocycles. The van der Waals surface area contributed by atoms with E-state index in [1.807, 2.05) is 13.8 Å². The van der Waals surface area contributed by atoms with Crippen LogP contribution < -0.4 is 0 Å². The molecule has 0 aromatic carbocycles. The molecule has 82 valence electrons. The van der Waals surface area contributed by atoms with Crippen LogP contribution >= 0.6 is 11.3 Å². The lowest BCUT2D eigenvalue weighted by molar-refractivity contribution is 0.0464. The van der Waals surface area contributed by atoms with Gasteiger partial charge in [0.25, 0.3) is 0 Å². The molecule has 2 heterocycles. The van der Waals surface area contributed by atoms with E-state index in [-0.39, 0.29) is 11.7 Å². The second-order valence-corrected chi connectivity index (χ2v) is 5.40. The fraction of sp³-hybridized carbons (Fsp3) is 0.583. The Morgan fingerprint density at radius 1 is 1.53 bits per heavy atom. The van der Waals surface area contributed by atoms with Gasteiger partial charge in [0, 0.05) is 17.4 Å². The zero-order valence-corrected chi connectivity index (χ0v) is 10.0. The third kappa shape index (κ3) is 2.29. The van der Waals surface area contributed by atoms with E-state index in [0.717, 1.165) is 29.9 Å². The summed E-state index contributed by atoms with van der Waals surface area (Å²) in [5.41, 5.74) is 1.12. The number of ether oxygens (including phenoxy) is 1. The highest BCUT2D eigenvalue weighted by molar-refractivity contribution is 7.14. The molecule has 0 spiro atoms. The molecule has 1 aliphatic rings. The van der Waals surface area contributed by atoms with Crippen molar-refractivity contribution in [3.05, 3.63) is 21.4 Å². The molecule has 1 aromatic heterocycles. The van der Waals surface area contributed by atoms with Gasteiger partial charge < -0.3 is 4.74 Å². The van der Waals surface area contributed by atoms with Gasteiger partial charge >= 0.3 is 0 Å². The summed E-state index contributed by atoms with van der Waals surface area (Å²) < 4.78 is 5.36. The molecule has 1 atom stereocenters. The molecule has 1 fully saturated rings. The van der Waals surface area contributed by atoms with Gasteiger partial charge in [-0.3, -0.25) is 4.79 Å². The van der Waals surface area contributed by atoms with Gasteiger partial charge in [-0.15, -0.1) is 11.3 Å². The summed E-state index contributed by atoms with van der Waals surface area (Å²) in [5, 5.41) is 0. The van der Waals surface area contributed by atoms with Gasteiger partial charge in [0.2, 0.25) is 0 Å². The molecule has 0 bridgehead atoms. The van der Waals surface area contributed by atoms with Crippen LogP contribution in [0.4, 0.5) is 0 Å². The lowest BCUT2D eigenvalue weighted by atomic mass is 9.95. The van der Waals surface area contributed by atoms with Gasteiger partial charge in [-0.25, -0.2) is 0 Å². The summed E-state index contributed by atoms with van der Waals surface area (Å²) in [7, 11) is 0. The SMILES string of the molecule is Cc1cc(C)c(C(=O)C2CCCOC2)s1. The van der Waals surface area contributed by atoms with Crippen molar-refractivity contribution in [3.63, 3.8) is 0 Å². The fourth-order valence-electron chi connectivity index (χ4n) is 2.02. The summed E-state index contributed by atoms with van der Waals surface area (Å²) >= 11 is 1.61. The van der Waals surface area contributed by atoms with Crippen LogP contribution in [0.25, 0.3) is 0 Å². The molecule has 0 N–H and O–H groups in total. The minimum atomic E-state index is 0.0931. The van der Waals surface area contributed by atoms with Crippen molar-refractivity contribution in [2.75, 3.05) is 13.2 Å². The molecule has 15 heavy (non-hydrogen) atoms. The maximum Gasteiger partial charge on any atom is 0.178 e. The number of thiophene rings is 1. The Hall–Kier alpha value is -0.670. The number of hydrogen-bond acceptors (Lipinski definition) is 3. The number of ketones is 1. The third-order valence-corrected chi connectivity index (χ3v) is 3.96. The molecule has 1 unspecified atom stereocenters. The van der Waals surface area contributed by atoms with Crippen LogP contribution in [0.1, 0.15) is 33.0 Å². The van der Waals surface area contributed by atoms with Crippen LogP contribution in [0, 0.1) is 19.8 Å². The van der Waals surface area contributed by atoms with Crippen molar-refractivity contribution in [2.45, 2.75) is 26.7 Å². The molecule has 1 aliphatic heterocycles. The summed E-state index contributed by atoms with van der Waals surface area (Å²) in [6.07, 6.45) is 2.00. The molecule has 2 nitrogen and oxygen atoms in total. The molecule has 1 saturated heterocycles. The highest BCUT2D eigenvalue weighted by Crippen LogP contribution is 2.27. The molecule has 0 amide bonds. The largest absolute Gasteiger partial charge is 0.381 e. The Kier molecular flexibility index (Phi) is 3.22. The predicted molar refractivity (Wildman–Crippen MR) is 61.7 cm³/mol. The van der Waals surface area contributed by atoms with E-state index in [0.29, 0.717) is 6.61 Å². The van der Waals surface area contributed by atoms with Crippen molar-refractivity contribution in [1.82, 2.24) is 0 Å². The molecule has 3 heteroatoms. The Balaban J connectivity index is 2.16. The quantitative estimate of drug-likeness (QED) is 0.722. The van der Waals surface area contributed by atoms with Crippen molar-refractivity contribution in [2.24, 2.45) is 5.92 Å². The average Bonchev–Trinajstić information content (AvgIpc) is 2.58. The molecule has 0 saturated carbocycles. The number of carbonyl (C=O) groups excluding carboxylic acids is 1.